The maximum Gasteiger partial charge on any atom is 0.304 e. The third kappa shape index (κ3) is 9.97. The Balaban J connectivity index is 1.62. The predicted octanol–water partition coefficient (Wildman–Crippen LogP) is 10.3. The summed E-state index contributed by atoms with van der Waals surface area (Å²) in [7, 11) is 0. The molecule has 0 aromatic heterocycles. The molecule has 0 N–H and O–H groups in total. The summed E-state index contributed by atoms with van der Waals surface area (Å²) in [5, 5.41) is 10.8. The van der Waals surface area contributed by atoms with Crippen molar-refractivity contribution in [3.05, 3.63) is 93.8 Å². The van der Waals surface area contributed by atoms with Gasteiger partial charge in [0.25, 0.3) is 0 Å². The van der Waals surface area contributed by atoms with Crippen molar-refractivity contribution >= 4 is 23.5 Å². The van der Waals surface area contributed by atoms with Gasteiger partial charge in [0.15, 0.2) is 0 Å². The Kier molecular flexibility index (Phi) is 12.7. The highest BCUT2D eigenvalue weighted by molar-refractivity contribution is 5.73. The first-order chi connectivity index (χ1) is 19.0. The van der Waals surface area contributed by atoms with Crippen molar-refractivity contribution in [3.63, 3.8) is 0 Å². The van der Waals surface area contributed by atoms with Crippen LogP contribution in [0, 0.1) is 15.9 Å². The highest BCUT2D eigenvalue weighted by Gasteiger charge is 2.13. The molecule has 0 heterocycles. The fourth-order valence-corrected chi connectivity index (χ4v) is 4.80. The van der Waals surface area contributed by atoms with Crippen LogP contribution >= 0.6 is 0 Å². The number of halogens is 1. The largest absolute Gasteiger partial charge is 0.372 e. The molecule has 0 saturated carbocycles. The van der Waals surface area contributed by atoms with E-state index in [-0.39, 0.29) is 0 Å². The number of rotatable bonds is 17. The van der Waals surface area contributed by atoms with Crippen LogP contribution in [0.4, 0.5) is 15.8 Å². The Morgan fingerprint density at radius 2 is 1.18 bits per heavy atom. The fourth-order valence-electron chi connectivity index (χ4n) is 4.80. The van der Waals surface area contributed by atoms with Crippen LogP contribution in [0.3, 0.4) is 0 Å². The number of benzene rings is 3. The third-order valence-corrected chi connectivity index (χ3v) is 7.18. The lowest BCUT2D eigenvalue weighted by atomic mass is 10.0. The molecule has 39 heavy (non-hydrogen) atoms. The minimum Gasteiger partial charge on any atom is -0.372 e. The molecule has 0 spiro atoms. The first-order valence-corrected chi connectivity index (χ1v) is 14.6. The van der Waals surface area contributed by atoms with Gasteiger partial charge in [-0.05, 0) is 59.4 Å². The molecule has 0 radical (unpaired) electrons. The summed E-state index contributed by atoms with van der Waals surface area (Å²) in [6.45, 7) is 6.77. The number of nitro groups is 1. The van der Waals surface area contributed by atoms with Crippen molar-refractivity contribution in [3.8, 4) is 11.1 Å². The molecule has 3 aromatic rings. The summed E-state index contributed by atoms with van der Waals surface area (Å²) in [4.78, 5) is 12.7. The van der Waals surface area contributed by atoms with Gasteiger partial charge in [-0.2, -0.15) is 4.39 Å². The second kappa shape index (κ2) is 16.5. The van der Waals surface area contributed by atoms with Crippen LogP contribution in [0.2, 0.25) is 0 Å². The predicted molar refractivity (Wildman–Crippen MR) is 164 cm³/mol. The second-order valence-electron chi connectivity index (χ2n) is 10.3. The van der Waals surface area contributed by atoms with Crippen LogP contribution in [0.25, 0.3) is 23.3 Å². The Bertz CT molecular complexity index is 1160. The summed E-state index contributed by atoms with van der Waals surface area (Å²) in [5.41, 5.74) is 4.68. The average molecular weight is 531 g/mol. The number of anilines is 1. The van der Waals surface area contributed by atoms with Crippen LogP contribution in [-0.2, 0) is 0 Å². The van der Waals surface area contributed by atoms with Crippen LogP contribution in [0.5, 0.6) is 0 Å². The molecular formula is C34H43FN2O2. The minimum absolute atomic E-state index is 0.510. The molecule has 0 fully saturated rings. The van der Waals surface area contributed by atoms with Crippen LogP contribution in [0.1, 0.15) is 89.2 Å². The van der Waals surface area contributed by atoms with Crippen molar-refractivity contribution in [1.82, 2.24) is 0 Å². The monoisotopic (exact) mass is 530 g/mol. The Morgan fingerprint density at radius 3 is 1.69 bits per heavy atom. The van der Waals surface area contributed by atoms with Gasteiger partial charge in [0, 0.05) is 24.8 Å². The van der Waals surface area contributed by atoms with Crippen molar-refractivity contribution < 1.29 is 9.31 Å². The molecule has 0 unspecified atom stereocenters. The number of nitro benzene ring substituents is 1. The average Bonchev–Trinajstić information content (AvgIpc) is 2.95. The molecule has 3 aromatic carbocycles. The van der Waals surface area contributed by atoms with Crippen LogP contribution in [0.15, 0.2) is 66.7 Å². The van der Waals surface area contributed by atoms with E-state index in [0.29, 0.717) is 5.56 Å². The van der Waals surface area contributed by atoms with Gasteiger partial charge in [-0.1, -0.05) is 114 Å². The summed E-state index contributed by atoms with van der Waals surface area (Å²) in [6.07, 6.45) is 16.6. The van der Waals surface area contributed by atoms with Gasteiger partial charge >= 0.3 is 5.69 Å². The van der Waals surface area contributed by atoms with E-state index in [1.165, 1.54) is 87.6 Å². The van der Waals surface area contributed by atoms with E-state index in [1.807, 2.05) is 18.2 Å². The maximum atomic E-state index is 13.9. The molecule has 0 atom stereocenters. The number of hydrogen-bond acceptors (Lipinski definition) is 3. The smallest absolute Gasteiger partial charge is 0.304 e. The van der Waals surface area contributed by atoms with Crippen LogP contribution in [-0.4, -0.2) is 18.0 Å². The fraction of sp³-hybridized carbons (Fsp3) is 0.412. The van der Waals surface area contributed by atoms with Gasteiger partial charge in [-0.15, -0.1) is 0 Å². The van der Waals surface area contributed by atoms with Crippen molar-refractivity contribution in [2.24, 2.45) is 0 Å². The molecule has 0 aliphatic carbocycles. The second-order valence-corrected chi connectivity index (χ2v) is 10.3. The quantitative estimate of drug-likeness (QED) is 0.0755. The Labute approximate surface area is 233 Å². The zero-order chi connectivity index (χ0) is 27.9. The lowest BCUT2D eigenvalue weighted by Gasteiger charge is -2.25. The summed E-state index contributed by atoms with van der Waals surface area (Å²) in [6, 6.07) is 21.1. The zero-order valence-electron chi connectivity index (χ0n) is 23.6. The molecule has 4 nitrogen and oxygen atoms in total. The topological polar surface area (TPSA) is 46.4 Å². The van der Waals surface area contributed by atoms with E-state index in [2.05, 4.69) is 55.1 Å². The van der Waals surface area contributed by atoms with E-state index >= 15 is 0 Å². The molecule has 5 heteroatoms. The van der Waals surface area contributed by atoms with E-state index in [1.54, 1.807) is 12.1 Å². The van der Waals surface area contributed by atoms with E-state index in [9.17, 15) is 14.5 Å². The highest BCUT2D eigenvalue weighted by atomic mass is 19.1. The van der Waals surface area contributed by atoms with Gasteiger partial charge in [-0.3, -0.25) is 10.1 Å². The van der Waals surface area contributed by atoms with Gasteiger partial charge < -0.3 is 4.90 Å². The maximum absolute atomic E-state index is 13.9. The van der Waals surface area contributed by atoms with E-state index in [0.717, 1.165) is 24.2 Å². The SMILES string of the molecule is CCCCCCCN(CCCCCCC)c1ccc(-c2ccc(C=Cc3ccc([N+](=O)[O-])c(F)c3)cc2)cc1. The first-order valence-electron chi connectivity index (χ1n) is 14.6. The third-order valence-electron chi connectivity index (χ3n) is 7.18. The van der Waals surface area contributed by atoms with E-state index in [4.69, 9.17) is 0 Å². The number of unbranched alkanes of at least 4 members (excludes halogenated alkanes) is 8. The number of nitrogens with zero attached hydrogens (tertiary/aromatic N) is 2. The van der Waals surface area contributed by atoms with Crippen molar-refractivity contribution in [2.75, 3.05) is 18.0 Å². The van der Waals surface area contributed by atoms with Gasteiger partial charge in [-0.25, -0.2) is 0 Å². The van der Waals surface area contributed by atoms with Crippen molar-refractivity contribution in [1.29, 1.82) is 0 Å². The lowest BCUT2D eigenvalue weighted by Crippen LogP contribution is -2.25. The molecule has 0 aliphatic heterocycles. The Morgan fingerprint density at radius 1 is 0.692 bits per heavy atom. The number of hydrogen-bond donors (Lipinski definition) is 0. The molecule has 3 rings (SSSR count). The van der Waals surface area contributed by atoms with E-state index < -0.39 is 16.4 Å². The molecular weight excluding hydrogens is 487 g/mol. The summed E-state index contributed by atoms with van der Waals surface area (Å²) < 4.78 is 13.9. The molecule has 0 amide bonds. The molecule has 208 valence electrons. The standard InChI is InChI=1S/C34H43FN2O2/c1-3-5-7-9-11-25-36(26-12-10-8-6-4-2)32-22-20-31(21-23-32)30-18-15-28(16-19-30)13-14-29-17-24-34(37(38)39)33(35)27-29/h13-24,27H,3-12,25-26H2,1-2H3. The lowest BCUT2D eigenvalue weighted by molar-refractivity contribution is -0.387. The summed E-state index contributed by atoms with van der Waals surface area (Å²) in [5.74, 6) is -0.826. The van der Waals surface area contributed by atoms with Gasteiger partial charge in [0.2, 0.25) is 5.82 Å². The first kappa shape index (κ1) is 30.1. The molecule has 0 saturated heterocycles. The molecule has 0 bridgehead atoms. The minimum atomic E-state index is -0.826. The normalized spacial score (nSPS) is 11.3. The van der Waals surface area contributed by atoms with Crippen molar-refractivity contribution in [2.45, 2.75) is 78.1 Å². The zero-order valence-corrected chi connectivity index (χ0v) is 23.6. The van der Waals surface area contributed by atoms with Gasteiger partial charge in [0.1, 0.15) is 0 Å². The Hall–Kier alpha value is -3.47. The van der Waals surface area contributed by atoms with Gasteiger partial charge in [0.05, 0.1) is 4.92 Å². The highest BCUT2D eigenvalue weighted by Crippen LogP contribution is 2.25. The molecule has 0 aliphatic rings. The van der Waals surface area contributed by atoms with Crippen LogP contribution < -0.4 is 4.90 Å². The summed E-state index contributed by atoms with van der Waals surface area (Å²) >= 11 is 0.